The summed E-state index contributed by atoms with van der Waals surface area (Å²) in [5, 5.41) is 21.9. The number of hydrogen-bond acceptors (Lipinski definition) is 4. The standard InChI is InChI=1S/C10H16N2O6/c1-18-6-2-5(3-6)11-10(17)12-7(9(15)16)4-8(13)14/h5-7H,2-4H2,1H3,(H,13,14)(H,15,16)(H2,11,12,17)/t5?,6?,7-/m0/s1. The molecule has 1 rings (SSSR count). The average Bonchev–Trinajstić information content (AvgIpc) is 2.20. The van der Waals surface area contributed by atoms with Crippen LogP contribution in [0, 0.1) is 0 Å². The van der Waals surface area contributed by atoms with Crippen LogP contribution in [0.25, 0.3) is 0 Å². The number of amides is 2. The SMILES string of the molecule is COC1CC(NC(=O)N[C@@H](CC(=O)O)C(=O)O)C1. The fourth-order valence-corrected chi connectivity index (χ4v) is 1.64. The van der Waals surface area contributed by atoms with Crippen LogP contribution in [0.4, 0.5) is 4.79 Å². The topological polar surface area (TPSA) is 125 Å². The van der Waals surface area contributed by atoms with Gasteiger partial charge in [-0.15, -0.1) is 0 Å². The van der Waals surface area contributed by atoms with Gasteiger partial charge < -0.3 is 25.6 Å². The lowest BCUT2D eigenvalue weighted by molar-refractivity contribution is -0.145. The van der Waals surface area contributed by atoms with Crippen molar-refractivity contribution in [2.24, 2.45) is 0 Å². The highest BCUT2D eigenvalue weighted by atomic mass is 16.5. The second-order valence-corrected chi connectivity index (χ2v) is 4.13. The first kappa shape index (κ1) is 14.2. The number of nitrogens with one attached hydrogen (secondary N) is 2. The summed E-state index contributed by atoms with van der Waals surface area (Å²) in [5.41, 5.74) is 0. The summed E-state index contributed by atoms with van der Waals surface area (Å²) in [6.07, 6.45) is 0.791. The molecule has 1 saturated carbocycles. The molecule has 1 atom stereocenters. The molecule has 0 aromatic carbocycles. The minimum atomic E-state index is -1.43. The summed E-state index contributed by atoms with van der Waals surface area (Å²) in [7, 11) is 1.58. The number of hydrogen-bond donors (Lipinski definition) is 4. The van der Waals surface area contributed by atoms with E-state index in [1.165, 1.54) is 0 Å². The van der Waals surface area contributed by atoms with Gasteiger partial charge in [0.25, 0.3) is 0 Å². The fraction of sp³-hybridized carbons (Fsp3) is 0.700. The van der Waals surface area contributed by atoms with Crippen molar-refractivity contribution in [1.29, 1.82) is 0 Å². The molecule has 1 aliphatic carbocycles. The first-order valence-electron chi connectivity index (χ1n) is 5.46. The first-order valence-corrected chi connectivity index (χ1v) is 5.46. The number of carboxylic acid groups (broad SMARTS) is 2. The van der Waals surface area contributed by atoms with Crippen LogP contribution >= 0.6 is 0 Å². The molecule has 0 unspecified atom stereocenters. The summed E-state index contributed by atoms with van der Waals surface area (Å²) >= 11 is 0. The Hall–Kier alpha value is -1.83. The summed E-state index contributed by atoms with van der Waals surface area (Å²) in [6.45, 7) is 0. The molecule has 0 heterocycles. The van der Waals surface area contributed by atoms with Gasteiger partial charge in [0, 0.05) is 13.2 Å². The van der Waals surface area contributed by atoms with Gasteiger partial charge in [-0.1, -0.05) is 0 Å². The Balaban J connectivity index is 2.33. The molecule has 2 amide bonds. The average molecular weight is 260 g/mol. The van der Waals surface area contributed by atoms with Gasteiger partial charge in [0.2, 0.25) is 0 Å². The highest BCUT2D eigenvalue weighted by Crippen LogP contribution is 2.22. The minimum Gasteiger partial charge on any atom is -0.481 e. The Morgan fingerprint density at radius 2 is 1.94 bits per heavy atom. The van der Waals surface area contributed by atoms with Crippen molar-refractivity contribution in [3.63, 3.8) is 0 Å². The van der Waals surface area contributed by atoms with Crippen molar-refractivity contribution >= 4 is 18.0 Å². The molecule has 0 aromatic rings. The van der Waals surface area contributed by atoms with E-state index in [1.54, 1.807) is 7.11 Å². The van der Waals surface area contributed by atoms with E-state index in [4.69, 9.17) is 14.9 Å². The zero-order valence-corrected chi connectivity index (χ0v) is 9.88. The number of aliphatic carboxylic acids is 2. The molecule has 18 heavy (non-hydrogen) atoms. The Bertz CT molecular complexity index is 339. The van der Waals surface area contributed by atoms with Crippen molar-refractivity contribution in [3.05, 3.63) is 0 Å². The zero-order chi connectivity index (χ0) is 13.7. The summed E-state index contributed by atoms with van der Waals surface area (Å²) < 4.78 is 5.03. The Morgan fingerprint density at radius 3 is 2.39 bits per heavy atom. The van der Waals surface area contributed by atoms with E-state index in [2.05, 4.69) is 10.6 Å². The fourth-order valence-electron chi connectivity index (χ4n) is 1.64. The highest BCUT2D eigenvalue weighted by molar-refractivity contribution is 5.86. The van der Waals surface area contributed by atoms with E-state index in [0.29, 0.717) is 12.8 Å². The van der Waals surface area contributed by atoms with Crippen molar-refractivity contribution in [2.75, 3.05) is 7.11 Å². The number of carboxylic acids is 2. The zero-order valence-electron chi connectivity index (χ0n) is 9.88. The number of rotatable bonds is 6. The van der Waals surface area contributed by atoms with E-state index >= 15 is 0 Å². The van der Waals surface area contributed by atoms with Crippen LogP contribution in [0.2, 0.25) is 0 Å². The van der Waals surface area contributed by atoms with Gasteiger partial charge in [-0.05, 0) is 12.8 Å². The molecular formula is C10H16N2O6. The summed E-state index contributed by atoms with van der Waals surface area (Å²) in [5.74, 6) is -2.67. The van der Waals surface area contributed by atoms with Crippen LogP contribution in [-0.4, -0.2) is 53.5 Å². The van der Waals surface area contributed by atoms with Crippen LogP contribution < -0.4 is 10.6 Å². The van der Waals surface area contributed by atoms with Gasteiger partial charge in [0.1, 0.15) is 6.04 Å². The van der Waals surface area contributed by atoms with Gasteiger partial charge in [-0.25, -0.2) is 9.59 Å². The highest BCUT2D eigenvalue weighted by Gasteiger charge is 2.31. The summed E-state index contributed by atoms with van der Waals surface area (Å²) in [4.78, 5) is 32.5. The quantitative estimate of drug-likeness (QED) is 0.505. The van der Waals surface area contributed by atoms with E-state index < -0.39 is 30.4 Å². The number of methoxy groups -OCH3 is 1. The third kappa shape index (κ3) is 4.21. The van der Waals surface area contributed by atoms with Gasteiger partial charge in [0.15, 0.2) is 0 Å². The molecule has 102 valence electrons. The predicted molar refractivity (Wildman–Crippen MR) is 59.2 cm³/mol. The Morgan fingerprint density at radius 1 is 1.33 bits per heavy atom. The normalized spacial score (nSPS) is 23.6. The third-order valence-electron chi connectivity index (χ3n) is 2.75. The molecule has 0 bridgehead atoms. The second kappa shape index (κ2) is 6.20. The van der Waals surface area contributed by atoms with Crippen LogP contribution in [0.15, 0.2) is 0 Å². The van der Waals surface area contributed by atoms with Crippen LogP contribution in [0.5, 0.6) is 0 Å². The largest absolute Gasteiger partial charge is 0.481 e. The lowest BCUT2D eigenvalue weighted by Gasteiger charge is -2.34. The van der Waals surface area contributed by atoms with E-state index in [9.17, 15) is 14.4 Å². The first-order chi connectivity index (χ1) is 8.42. The molecule has 0 saturated heterocycles. The smallest absolute Gasteiger partial charge is 0.326 e. The molecule has 1 fully saturated rings. The van der Waals surface area contributed by atoms with Crippen LogP contribution in [0.1, 0.15) is 19.3 Å². The number of carbonyl (C=O) groups is 3. The lowest BCUT2D eigenvalue weighted by Crippen LogP contribution is -2.54. The van der Waals surface area contributed by atoms with Gasteiger partial charge in [0.05, 0.1) is 12.5 Å². The third-order valence-corrected chi connectivity index (χ3v) is 2.75. The molecular weight excluding hydrogens is 244 g/mol. The number of carbonyl (C=O) groups excluding carboxylic acids is 1. The van der Waals surface area contributed by atoms with Crippen molar-refractivity contribution in [3.8, 4) is 0 Å². The predicted octanol–water partition coefficient (Wildman–Crippen LogP) is -0.609. The van der Waals surface area contributed by atoms with Crippen molar-refractivity contribution in [2.45, 2.75) is 37.5 Å². The minimum absolute atomic E-state index is 0.0609. The van der Waals surface area contributed by atoms with E-state index in [0.717, 1.165) is 0 Å². The molecule has 0 aliphatic heterocycles. The van der Waals surface area contributed by atoms with Gasteiger partial charge in [-0.2, -0.15) is 0 Å². The number of urea groups is 1. The van der Waals surface area contributed by atoms with Crippen molar-refractivity contribution < 1.29 is 29.3 Å². The van der Waals surface area contributed by atoms with Crippen LogP contribution in [0.3, 0.4) is 0 Å². The molecule has 0 aromatic heterocycles. The molecule has 0 spiro atoms. The molecule has 0 radical (unpaired) electrons. The summed E-state index contributed by atoms with van der Waals surface area (Å²) in [6, 6.07) is -2.17. The van der Waals surface area contributed by atoms with Crippen LogP contribution in [-0.2, 0) is 14.3 Å². The maximum absolute atomic E-state index is 11.4. The Labute approximate surface area is 103 Å². The molecule has 4 N–H and O–H groups in total. The van der Waals surface area contributed by atoms with E-state index in [-0.39, 0.29) is 12.1 Å². The number of ether oxygens (including phenoxy) is 1. The Kier molecular flexibility index (Phi) is 4.90. The molecule has 1 aliphatic rings. The molecule has 8 nitrogen and oxygen atoms in total. The second-order valence-electron chi connectivity index (χ2n) is 4.13. The maximum atomic E-state index is 11.4. The lowest BCUT2D eigenvalue weighted by atomic mass is 9.89. The van der Waals surface area contributed by atoms with Gasteiger partial charge in [-0.3, -0.25) is 4.79 Å². The molecule has 8 heteroatoms. The van der Waals surface area contributed by atoms with Crippen molar-refractivity contribution in [1.82, 2.24) is 10.6 Å². The monoisotopic (exact) mass is 260 g/mol. The van der Waals surface area contributed by atoms with Gasteiger partial charge >= 0.3 is 18.0 Å². The van der Waals surface area contributed by atoms with E-state index in [1.807, 2.05) is 0 Å². The maximum Gasteiger partial charge on any atom is 0.326 e.